The highest BCUT2D eigenvalue weighted by molar-refractivity contribution is 5.81. The Morgan fingerprint density at radius 3 is 1.60 bits per heavy atom. The summed E-state index contributed by atoms with van der Waals surface area (Å²) in [4.78, 5) is 40.9. The average molecular weight is 1170 g/mol. The first-order valence-electron chi connectivity index (χ1n) is 31.2. The van der Waals surface area contributed by atoms with Gasteiger partial charge in [-0.05, 0) is 176 Å². The maximum absolute atomic E-state index is 14.7. The number of carbonyl (C=O) groups excluding carboxylic acids is 1. The second-order valence-electron chi connectivity index (χ2n) is 23.7. The maximum atomic E-state index is 14.7. The molecule has 4 saturated heterocycles. The van der Waals surface area contributed by atoms with Crippen molar-refractivity contribution < 1.29 is 42.4 Å². The van der Waals surface area contributed by atoms with Crippen LogP contribution in [0.2, 0.25) is 0 Å². The molecule has 85 heavy (non-hydrogen) atoms. The lowest BCUT2D eigenvalue weighted by atomic mass is 9.93. The third-order valence-corrected chi connectivity index (χ3v) is 18.8. The second kappa shape index (κ2) is 27.7. The molecule has 2 aromatic carbocycles. The number of halogens is 2. The third-order valence-electron chi connectivity index (χ3n) is 18.8. The maximum Gasteiger partial charge on any atom is 0.306 e. The molecule has 19 nitrogen and oxygen atoms in total. The summed E-state index contributed by atoms with van der Waals surface area (Å²) in [5, 5.41) is 29.4. The number of hydrogen-bond donors (Lipinski definition) is 2. The van der Waals surface area contributed by atoms with Gasteiger partial charge in [0.05, 0.1) is 19.1 Å². The first-order chi connectivity index (χ1) is 41.7. The largest absolute Gasteiger partial charge is 0.493 e. The fourth-order valence-electron chi connectivity index (χ4n) is 14.0. The Balaban J connectivity index is 0.000000141. The lowest BCUT2D eigenvalue weighted by Gasteiger charge is -2.39. The van der Waals surface area contributed by atoms with E-state index in [0.29, 0.717) is 69.0 Å². The molecule has 4 fully saturated rings. The predicted octanol–water partition coefficient (Wildman–Crippen LogP) is 7.59. The van der Waals surface area contributed by atoms with Crippen molar-refractivity contribution in [2.24, 2.45) is 11.8 Å². The Hall–Kier alpha value is -6.78. The molecule has 0 aliphatic carbocycles. The smallest absolute Gasteiger partial charge is 0.306 e. The molecule has 14 rings (SSSR count). The fraction of sp³-hybridized carbons (Fsp3) is 0.562. The van der Waals surface area contributed by atoms with E-state index in [1.165, 1.54) is 17.7 Å². The van der Waals surface area contributed by atoms with E-state index in [-0.39, 0.29) is 23.5 Å². The molecule has 452 valence electrons. The number of aryl methyl sites for hydroxylation is 2. The Labute approximate surface area is 495 Å². The molecule has 0 radical (unpaired) electrons. The van der Waals surface area contributed by atoms with Crippen molar-refractivity contribution in [3.05, 3.63) is 118 Å². The number of ether oxygens (including phenoxy) is 4. The van der Waals surface area contributed by atoms with Crippen molar-refractivity contribution in [2.45, 2.75) is 128 Å². The van der Waals surface area contributed by atoms with Crippen LogP contribution in [-0.4, -0.2) is 175 Å². The predicted molar refractivity (Wildman–Crippen MR) is 315 cm³/mol. The summed E-state index contributed by atoms with van der Waals surface area (Å²) >= 11 is 0. The summed E-state index contributed by atoms with van der Waals surface area (Å²) in [5.41, 5.74) is 9.38. The van der Waals surface area contributed by atoms with Gasteiger partial charge in [-0.1, -0.05) is 12.2 Å². The van der Waals surface area contributed by atoms with Crippen LogP contribution in [0.15, 0.2) is 61.5 Å². The zero-order valence-corrected chi connectivity index (χ0v) is 48.8. The van der Waals surface area contributed by atoms with Gasteiger partial charge in [0.2, 0.25) is 5.91 Å². The van der Waals surface area contributed by atoms with Gasteiger partial charge in [-0.2, -0.15) is 0 Å². The monoisotopic (exact) mass is 1170 g/mol. The number of carbonyl (C=O) groups is 2. The number of hydrogen-bond acceptors (Lipinski definition) is 15. The van der Waals surface area contributed by atoms with Gasteiger partial charge in [-0.25, -0.2) is 18.7 Å². The lowest BCUT2D eigenvalue weighted by Crippen LogP contribution is -2.47. The van der Waals surface area contributed by atoms with Crippen LogP contribution in [0.1, 0.15) is 122 Å². The Bertz CT molecular complexity index is 3360. The number of aliphatic carboxylic acids is 1. The molecular formula is C64H80F2N12O7. The number of likely N-dealkylation sites (tertiary alicyclic amines) is 2. The van der Waals surface area contributed by atoms with E-state index in [4.69, 9.17) is 34.0 Å². The number of carboxylic acid groups (broad SMARTS) is 1. The minimum Gasteiger partial charge on any atom is -0.493 e. The molecule has 21 heteroatoms. The van der Waals surface area contributed by atoms with Crippen LogP contribution in [0.4, 0.5) is 8.78 Å². The molecular weight excluding hydrogens is 1090 g/mol. The van der Waals surface area contributed by atoms with Crippen LogP contribution in [0.3, 0.4) is 0 Å². The van der Waals surface area contributed by atoms with Crippen molar-refractivity contribution >= 4 is 34.3 Å². The van der Waals surface area contributed by atoms with Crippen LogP contribution < -0.4 is 14.8 Å². The second-order valence-corrected chi connectivity index (χ2v) is 23.7. The number of nitrogens with one attached hydrogen (secondary N) is 1. The van der Waals surface area contributed by atoms with E-state index >= 15 is 0 Å². The molecule has 0 atom stereocenters. The van der Waals surface area contributed by atoms with Crippen LogP contribution in [0.25, 0.3) is 22.4 Å². The van der Waals surface area contributed by atoms with Crippen LogP contribution >= 0.6 is 0 Å². The van der Waals surface area contributed by atoms with E-state index in [1.807, 2.05) is 21.2 Å². The number of nitrogens with zero attached hydrogens (tertiary/aromatic N) is 11. The molecule has 0 spiro atoms. The number of aromatic nitrogens is 8. The number of carboxylic acids is 1. The molecule has 0 bridgehead atoms. The molecule has 6 aromatic rings. The molecule has 12 heterocycles. The molecule has 0 unspecified atom stereocenters. The molecule has 0 saturated carbocycles. The highest BCUT2D eigenvalue weighted by Crippen LogP contribution is 2.34. The number of benzene rings is 2. The van der Waals surface area contributed by atoms with Crippen LogP contribution in [-0.2, 0) is 57.6 Å². The summed E-state index contributed by atoms with van der Waals surface area (Å²) in [7, 11) is 0. The molecule has 8 aliphatic heterocycles. The summed E-state index contributed by atoms with van der Waals surface area (Å²) < 4.78 is 55.1. The van der Waals surface area contributed by atoms with Crippen molar-refractivity contribution in [1.82, 2.24) is 59.2 Å². The minimum atomic E-state index is -0.623. The van der Waals surface area contributed by atoms with Crippen molar-refractivity contribution in [1.29, 1.82) is 0 Å². The summed E-state index contributed by atoms with van der Waals surface area (Å²) in [6.45, 7) is 12.0. The van der Waals surface area contributed by atoms with E-state index < -0.39 is 5.97 Å². The molecule has 8 aliphatic rings. The standard InChI is InChI=1S/C32H39FN6O3.C21H22FN5O.C11H19NO3/c33-28-4-5-29-26(12-19-42-29)25(28)3-6-30-34-20-27(31-36-35-21-39(30)31)22-2-1-13-38(16-7-22)32(40)23-8-14-37(15-9-23)24-10-17-41-18-11-24;22-18-4-5-19-16(8-11-28-19)15(18)3-6-20-24-12-17(21-26-25-13-27(20)21)14-2-1-9-23-10-7-14;13-11(14)9-1-5-12(6-2-9)10-3-7-15-8-4-10/h2,4-5,20-21,23-24H,1,3,6-19H2;2,4-5,12-13,23H,1,3,6-11H2;9-10H,1-8H2,(H,13,14). The van der Waals surface area contributed by atoms with Gasteiger partial charge in [0.25, 0.3) is 0 Å². The normalized spacial score (nSPS) is 20.4. The Morgan fingerprint density at radius 2 is 1.07 bits per heavy atom. The van der Waals surface area contributed by atoms with Gasteiger partial charge < -0.3 is 44.1 Å². The first kappa shape index (κ1) is 58.6. The van der Waals surface area contributed by atoms with Gasteiger partial charge >= 0.3 is 5.97 Å². The fourth-order valence-corrected chi connectivity index (χ4v) is 14.0. The number of fused-ring (bicyclic) bond motifs is 4. The first-order valence-corrected chi connectivity index (χ1v) is 31.2. The number of rotatable bonds is 12. The third kappa shape index (κ3) is 13.6. The highest BCUT2D eigenvalue weighted by Gasteiger charge is 2.33. The highest BCUT2D eigenvalue weighted by atomic mass is 19.1. The van der Waals surface area contributed by atoms with E-state index in [2.05, 4.69) is 52.6 Å². The number of piperidine rings is 2. The van der Waals surface area contributed by atoms with E-state index in [1.54, 1.807) is 24.8 Å². The van der Waals surface area contributed by atoms with Crippen molar-refractivity contribution in [3.63, 3.8) is 0 Å². The lowest BCUT2D eigenvalue weighted by molar-refractivity contribution is -0.143. The van der Waals surface area contributed by atoms with Crippen molar-refractivity contribution in [3.8, 4) is 11.5 Å². The summed E-state index contributed by atoms with van der Waals surface area (Å²) in [5.74, 6) is 2.57. The SMILES string of the molecule is Fc1ccc2c(c1CCc1ncc(C3=CCCNCC3)c3nncn13)CCO2.O=C(C1CCN(C2CCOCC2)CC1)N1CCC=C(c2cnc(CCc3c(F)ccc4c3CCO4)n3cnnc23)CC1.O=C(O)C1CCN(C2CCOCC2)CC1. The Kier molecular flexibility index (Phi) is 19.1. The zero-order valence-electron chi connectivity index (χ0n) is 48.8. The van der Waals surface area contributed by atoms with Crippen LogP contribution in [0.5, 0.6) is 11.5 Å². The quantitative estimate of drug-likeness (QED) is 0.121. The van der Waals surface area contributed by atoms with Gasteiger partial charge in [0, 0.05) is 118 Å². The van der Waals surface area contributed by atoms with Crippen LogP contribution in [0, 0.1) is 23.5 Å². The Morgan fingerprint density at radius 1 is 0.565 bits per heavy atom. The van der Waals surface area contributed by atoms with E-state index in [0.717, 1.165) is 230 Å². The van der Waals surface area contributed by atoms with Gasteiger partial charge in [-0.3, -0.25) is 18.4 Å². The van der Waals surface area contributed by atoms with Gasteiger partial charge in [-0.15, -0.1) is 20.4 Å². The summed E-state index contributed by atoms with van der Waals surface area (Å²) in [6.07, 6.45) is 26.9. The molecule has 1 amide bonds. The topological polar surface area (TPSA) is 199 Å². The molecule has 4 aromatic heterocycles. The van der Waals surface area contributed by atoms with E-state index in [9.17, 15) is 18.4 Å². The van der Waals surface area contributed by atoms with Gasteiger partial charge in [0.1, 0.15) is 47.4 Å². The average Bonchev–Trinajstić information content (AvgIpc) is 4.55. The molecule has 2 N–H and O–H groups in total. The van der Waals surface area contributed by atoms with Crippen molar-refractivity contribution in [2.75, 3.05) is 92.0 Å². The zero-order chi connectivity index (χ0) is 58.1. The van der Waals surface area contributed by atoms with Gasteiger partial charge in [0.15, 0.2) is 11.3 Å². The minimum absolute atomic E-state index is 0.110. The summed E-state index contributed by atoms with van der Waals surface area (Å²) in [6, 6.07) is 7.68. The number of amides is 1.